The number of aliphatic hydroxyl groups excluding tert-OH is 1. The third-order valence-electron chi connectivity index (χ3n) is 2.61. The Labute approximate surface area is 93.2 Å². The predicted molar refractivity (Wildman–Crippen MR) is 58.4 cm³/mol. The molecule has 1 aliphatic carbocycles. The maximum absolute atomic E-state index is 13.4. The van der Waals surface area contributed by atoms with Crippen LogP contribution in [0.2, 0.25) is 5.02 Å². The molecule has 0 saturated heterocycles. The number of allylic oxidation sites excluding steroid dienone is 1. The first-order chi connectivity index (χ1) is 7.15. The standard InChI is InChI=1S/C12H12ClFO/c13-10-2-4-12(14)9(7-10)5-8-1-3-11(15)6-8/h2,4,6-7,11,15H,1,3,5H2. The van der Waals surface area contributed by atoms with Gasteiger partial charge in [-0.15, -0.1) is 0 Å². The lowest BCUT2D eigenvalue weighted by Gasteiger charge is -2.04. The molecule has 1 aliphatic rings. The summed E-state index contributed by atoms with van der Waals surface area (Å²) in [6.07, 6.45) is 3.58. The molecule has 0 spiro atoms. The summed E-state index contributed by atoms with van der Waals surface area (Å²) in [5, 5.41) is 9.85. The Bertz CT molecular complexity index is 401. The zero-order valence-corrected chi connectivity index (χ0v) is 8.97. The van der Waals surface area contributed by atoms with E-state index in [1.165, 1.54) is 12.1 Å². The fourth-order valence-corrected chi connectivity index (χ4v) is 2.04. The van der Waals surface area contributed by atoms with Gasteiger partial charge in [-0.05, 0) is 43.0 Å². The lowest BCUT2D eigenvalue weighted by atomic mass is 10.0. The molecule has 1 unspecified atom stereocenters. The minimum absolute atomic E-state index is 0.235. The van der Waals surface area contributed by atoms with Gasteiger partial charge >= 0.3 is 0 Å². The highest BCUT2D eigenvalue weighted by molar-refractivity contribution is 6.30. The first kappa shape index (κ1) is 10.7. The smallest absolute Gasteiger partial charge is 0.126 e. The summed E-state index contributed by atoms with van der Waals surface area (Å²) in [4.78, 5) is 0. The summed E-state index contributed by atoms with van der Waals surface area (Å²) < 4.78 is 13.4. The van der Waals surface area contributed by atoms with Crippen LogP contribution in [0.4, 0.5) is 4.39 Å². The van der Waals surface area contributed by atoms with Crippen molar-refractivity contribution in [1.82, 2.24) is 0 Å². The van der Waals surface area contributed by atoms with Crippen molar-refractivity contribution in [1.29, 1.82) is 0 Å². The Morgan fingerprint density at radius 2 is 2.27 bits per heavy atom. The van der Waals surface area contributed by atoms with E-state index >= 15 is 0 Å². The van der Waals surface area contributed by atoms with Crippen LogP contribution in [0.1, 0.15) is 18.4 Å². The normalized spacial score (nSPS) is 20.5. The summed E-state index contributed by atoms with van der Waals surface area (Å²) >= 11 is 5.80. The second-order valence-corrected chi connectivity index (χ2v) is 4.28. The Morgan fingerprint density at radius 1 is 1.47 bits per heavy atom. The van der Waals surface area contributed by atoms with Crippen molar-refractivity contribution in [3.05, 3.63) is 46.3 Å². The van der Waals surface area contributed by atoms with Gasteiger partial charge < -0.3 is 5.11 Å². The molecule has 0 radical (unpaired) electrons. The van der Waals surface area contributed by atoms with E-state index in [0.29, 0.717) is 17.0 Å². The largest absolute Gasteiger partial charge is 0.389 e. The highest BCUT2D eigenvalue weighted by atomic mass is 35.5. The molecule has 80 valence electrons. The van der Waals surface area contributed by atoms with E-state index < -0.39 is 0 Å². The van der Waals surface area contributed by atoms with Crippen molar-refractivity contribution in [3.63, 3.8) is 0 Å². The van der Waals surface area contributed by atoms with E-state index in [-0.39, 0.29) is 11.9 Å². The number of benzene rings is 1. The van der Waals surface area contributed by atoms with Crippen molar-refractivity contribution < 1.29 is 9.50 Å². The lowest BCUT2D eigenvalue weighted by Crippen LogP contribution is -1.93. The summed E-state index contributed by atoms with van der Waals surface area (Å²) in [7, 11) is 0. The van der Waals surface area contributed by atoms with Gasteiger partial charge in [-0.2, -0.15) is 0 Å². The van der Waals surface area contributed by atoms with Crippen LogP contribution in [0.15, 0.2) is 29.8 Å². The van der Waals surface area contributed by atoms with Crippen LogP contribution in [-0.4, -0.2) is 11.2 Å². The summed E-state index contributed by atoms with van der Waals surface area (Å²) in [5.41, 5.74) is 1.69. The van der Waals surface area contributed by atoms with Gasteiger partial charge in [0, 0.05) is 5.02 Å². The Morgan fingerprint density at radius 3 is 2.93 bits per heavy atom. The van der Waals surface area contributed by atoms with Crippen LogP contribution in [0.25, 0.3) is 0 Å². The molecule has 2 rings (SSSR count). The van der Waals surface area contributed by atoms with Gasteiger partial charge in [-0.25, -0.2) is 4.39 Å². The molecule has 0 heterocycles. The molecule has 1 aromatic rings. The monoisotopic (exact) mass is 226 g/mol. The fraction of sp³-hybridized carbons (Fsp3) is 0.333. The highest BCUT2D eigenvalue weighted by Gasteiger charge is 2.14. The van der Waals surface area contributed by atoms with Gasteiger partial charge in [0.15, 0.2) is 0 Å². The van der Waals surface area contributed by atoms with Crippen LogP contribution in [0.3, 0.4) is 0 Å². The van der Waals surface area contributed by atoms with Gasteiger partial charge in [0.1, 0.15) is 5.82 Å². The topological polar surface area (TPSA) is 20.2 Å². The molecule has 1 atom stereocenters. The van der Waals surface area contributed by atoms with E-state index in [0.717, 1.165) is 18.4 Å². The molecule has 0 aliphatic heterocycles. The zero-order chi connectivity index (χ0) is 10.8. The van der Waals surface area contributed by atoms with Gasteiger partial charge in [0.25, 0.3) is 0 Å². The maximum Gasteiger partial charge on any atom is 0.126 e. The third kappa shape index (κ3) is 2.58. The number of rotatable bonds is 2. The molecule has 15 heavy (non-hydrogen) atoms. The first-order valence-electron chi connectivity index (χ1n) is 4.97. The second kappa shape index (κ2) is 4.33. The second-order valence-electron chi connectivity index (χ2n) is 3.84. The zero-order valence-electron chi connectivity index (χ0n) is 8.21. The number of halogens is 2. The average molecular weight is 227 g/mol. The lowest BCUT2D eigenvalue weighted by molar-refractivity contribution is 0.223. The van der Waals surface area contributed by atoms with Crippen LogP contribution in [0.5, 0.6) is 0 Å². The SMILES string of the molecule is OC1C=C(Cc2cc(Cl)ccc2F)CC1. The van der Waals surface area contributed by atoms with Crippen molar-refractivity contribution in [2.75, 3.05) is 0 Å². The van der Waals surface area contributed by atoms with E-state index in [2.05, 4.69) is 0 Å². The van der Waals surface area contributed by atoms with Gasteiger partial charge in [-0.1, -0.05) is 23.3 Å². The van der Waals surface area contributed by atoms with Gasteiger partial charge in [0.2, 0.25) is 0 Å². The van der Waals surface area contributed by atoms with E-state index in [9.17, 15) is 9.50 Å². The Hall–Kier alpha value is -0.860. The molecular formula is C12H12ClFO. The molecule has 3 heteroatoms. The van der Waals surface area contributed by atoms with Crippen molar-refractivity contribution in [2.24, 2.45) is 0 Å². The minimum atomic E-state index is -0.359. The summed E-state index contributed by atoms with van der Waals surface area (Å²) in [6, 6.07) is 4.56. The molecule has 1 N–H and O–H groups in total. The van der Waals surface area contributed by atoms with Gasteiger partial charge in [-0.3, -0.25) is 0 Å². The maximum atomic E-state index is 13.4. The summed E-state index contributed by atoms with van der Waals surface area (Å²) in [5.74, 6) is -0.235. The van der Waals surface area contributed by atoms with Crippen LogP contribution >= 0.6 is 11.6 Å². The molecule has 0 bridgehead atoms. The minimum Gasteiger partial charge on any atom is -0.389 e. The van der Waals surface area contributed by atoms with Crippen molar-refractivity contribution in [3.8, 4) is 0 Å². The molecule has 1 aromatic carbocycles. The molecule has 0 saturated carbocycles. The van der Waals surface area contributed by atoms with Crippen LogP contribution in [-0.2, 0) is 6.42 Å². The molecule has 0 fully saturated rings. The van der Waals surface area contributed by atoms with Crippen LogP contribution in [0, 0.1) is 5.82 Å². The Balaban J connectivity index is 2.17. The Kier molecular flexibility index (Phi) is 3.08. The number of aliphatic hydroxyl groups is 1. The first-order valence-corrected chi connectivity index (χ1v) is 5.34. The molecular weight excluding hydrogens is 215 g/mol. The number of hydrogen-bond acceptors (Lipinski definition) is 1. The predicted octanol–water partition coefficient (Wildman–Crippen LogP) is 3.10. The van der Waals surface area contributed by atoms with E-state index in [1.54, 1.807) is 12.1 Å². The highest BCUT2D eigenvalue weighted by Crippen LogP contribution is 2.24. The fourth-order valence-electron chi connectivity index (χ4n) is 1.84. The summed E-state index contributed by atoms with van der Waals surface area (Å²) in [6.45, 7) is 0. The average Bonchev–Trinajstić information content (AvgIpc) is 2.58. The van der Waals surface area contributed by atoms with Crippen molar-refractivity contribution >= 4 is 11.6 Å². The van der Waals surface area contributed by atoms with Gasteiger partial charge in [0.05, 0.1) is 6.10 Å². The third-order valence-corrected chi connectivity index (χ3v) is 2.85. The van der Waals surface area contributed by atoms with E-state index in [1.807, 2.05) is 0 Å². The molecule has 0 aromatic heterocycles. The molecule has 0 amide bonds. The number of hydrogen-bond donors (Lipinski definition) is 1. The van der Waals surface area contributed by atoms with Crippen LogP contribution < -0.4 is 0 Å². The van der Waals surface area contributed by atoms with Crippen molar-refractivity contribution in [2.45, 2.75) is 25.4 Å². The van der Waals surface area contributed by atoms with E-state index in [4.69, 9.17) is 11.6 Å². The quantitative estimate of drug-likeness (QED) is 0.769. The molecule has 1 nitrogen and oxygen atoms in total.